The maximum absolute atomic E-state index is 12.2. The van der Waals surface area contributed by atoms with Gasteiger partial charge in [-0.2, -0.15) is 0 Å². The summed E-state index contributed by atoms with van der Waals surface area (Å²) < 4.78 is 20.9. The Morgan fingerprint density at radius 3 is 2.36 bits per heavy atom. The molecule has 0 atom stereocenters. The number of ether oxygens (including phenoxy) is 4. The Labute approximate surface area is 166 Å². The second kappa shape index (κ2) is 8.14. The molecule has 0 saturated carbocycles. The van der Waals surface area contributed by atoms with Crippen molar-refractivity contribution in [3.8, 4) is 17.2 Å². The number of nitrogens with zero attached hydrogens (tertiary/aromatic N) is 1. The fourth-order valence-electron chi connectivity index (χ4n) is 2.54. The topological polar surface area (TPSA) is 83.4 Å². The van der Waals surface area contributed by atoms with Crippen LogP contribution in [-0.4, -0.2) is 32.1 Å². The van der Waals surface area contributed by atoms with Crippen LogP contribution in [0.3, 0.4) is 0 Å². The summed E-state index contributed by atoms with van der Waals surface area (Å²) in [5, 5.41) is 0.421. The molecule has 0 unspecified atom stereocenters. The van der Waals surface area contributed by atoms with Crippen LogP contribution in [0.15, 0.2) is 47.1 Å². The second-order valence-corrected chi connectivity index (χ2v) is 6.07. The molecule has 28 heavy (non-hydrogen) atoms. The van der Waals surface area contributed by atoms with Crippen molar-refractivity contribution in [1.29, 1.82) is 0 Å². The highest BCUT2D eigenvalue weighted by Gasteiger charge is 2.26. The summed E-state index contributed by atoms with van der Waals surface area (Å²) >= 11 is 6.13. The molecule has 0 bridgehead atoms. The molecule has 3 rings (SSSR count). The predicted molar refractivity (Wildman–Crippen MR) is 103 cm³/mol. The highest BCUT2D eigenvalue weighted by Crippen LogP contribution is 2.39. The largest absolute Gasteiger partial charge is 0.493 e. The van der Waals surface area contributed by atoms with E-state index in [9.17, 15) is 9.59 Å². The van der Waals surface area contributed by atoms with Crippen molar-refractivity contribution in [2.75, 3.05) is 14.2 Å². The molecule has 0 aliphatic carbocycles. The van der Waals surface area contributed by atoms with Gasteiger partial charge in [-0.15, -0.1) is 0 Å². The number of benzene rings is 2. The first kappa shape index (κ1) is 19.4. The van der Waals surface area contributed by atoms with Crippen LogP contribution in [0.1, 0.15) is 18.1 Å². The molecule has 7 nitrogen and oxygen atoms in total. The van der Waals surface area contributed by atoms with Gasteiger partial charge in [-0.3, -0.25) is 4.79 Å². The Bertz CT molecular complexity index is 987. The summed E-state index contributed by atoms with van der Waals surface area (Å²) in [5.41, 5.74) is 1.14. The molecular formula is C20H16ClNO6. The molecule has 0 fully saturated rings. The maximum Gasteiger partial charge on any atom is 0.363 e. The van der Waals surface area contributed by atoms with Crippen molar-refractivity contribution in [2.45, 2.75) is 6.92 Å². The standard InChI is InChI=1S/C20H16ClNO6/c1-11(23)27-18-16(25-2)9-12(10-17(18)26-3)8-15-20(24)28-19(22-15)13-6-4-5-7-14(13)21/h4-10H,1-3H3/b15-8+. The van der Waals surface area contributed by atoms with Crippen LogP contribution in [0, 0.1) is 0 Å². The van der Waals surface area contributed by atoms with E-state index in [1.807, 2.05) is 0 Å². The number of hydrogen-bond donors (Lipinski definition) is 0. The van der Waals surface area contributed by atoms with Gasteiger partial charge in [0.25, 0.3) is 0 Å². The van der Waals surface area contributed by atoms with Crippen molar-refractivity contribution in [3.05, 3.63) is 58.2 Å². The van der Waals surface area contributed by atoms with Gasteiger partial charge in [0.05, 0.1) is 24.8 Å². The van der Waals surface area contributed by atoms with E-state index in [-0.39, 0.29) is 28.8 Å². The zero-order valence-corrected chi connectivity index (χ0v) is 16.1. The zero-order chi connectivity index (χ0) is 20.3. The van der Waals surface area contributed by atoms with Crippen LogP contribution in [0.5, 0.6) is 17.2 Å². The van der Waals surface area contributed by atoms with Gasteiger partial charge in [-0.1, -0.05) is 23.7 Å². The number of carbonyl (C=O) groups excluding carboxylic acids is 2. The van der Waals surface area contributed by atoms with Gasteiger partial charge < -0.3 is 18.9 Å². The van der Waals surface area contributed by atoms with Crippen LogP contribution < -0.4 is 14.2 Å². The Morgan fingerprint density at radius 1 is 1.14 bits per heavy atom. The molecule has 0 N–H and O–H groups in total. The third kappa shape index (κ3) is 3.99. The minimum atomic E-state index is -0.614. The minimum absolute atomic E-state index is 0.0827. The van der Waals surface area contributed by atoms with Gasteiger partial charge in [0.2, 0.25) is 11.6 Å². The summed E-state index contributed by atoms with van der Waals surface area (Å²) in [4.78, 5) is 27.8. The van der Waals surface area contributed by atoms with E-state index >= 15 is 0 Å². The first-order valence-electron chi connectivity index (χ1n) is 8.15. The first-order valence-corrected chi connectivity index (χ1v) is 8.52. The van der Waals surface area contributed by atoms with E-state index in [1.54, 1.807) is 36.4 Å². The molecule has 144 valence electrons. The monoisotopic (exact) mass is 401 g/mol. The van der Waals surface area contributed by atoms with E-state index in [1.165, 1.54) is 27.2 Å². The SMILES string of the molecule is COc1cc(/C=C2/N=C(c3ccccc3Cl)OC2=O)cc(OC)c1OC(C)=O. The molecule has 0 aromatic heterocycles. The lowest BCUT2D eigenvalue weighted by Gasteiger charge is -2.13. The number of esters is 2. The van der Waals surface area contributed by atoms with E-state index in [0.29, 0.717) is 16.1 Å². The normalized spacial score (nSPS) is 14.5. The zero-order valence-electron chi connectivity index (χ0n) is 15.3. The van der Waals surface area contributed by atoms with E-state index < -0.39 is 11.9 Å². The van der Waals surface area contributed by atoms with E-state index in [2.05, 4.69) is 4.99 Å². The Balaban J connectivity index is 2.02. The molecule has 0 saturated heterocycles. The van der Waals surface area contributed by atoms with Gasteiger partial charge in [-0.25, -0.2) is 9.79 Å². The predicted octanol–water partition coefficient (Wildman–Crippen LogP) is 3.63. The molecule has 1 heterocycles. The van der Waals surface area contributed by atoms with Crippen LogP contribution in [-0.2, 0) is 14.3 Å². The number of cyclic esters (lactones) is 1. The third-order valence-corrected chi connectivity index (χ3v) is 4.09. The van der Waals surface area contributed by atoms with Crippen LogP contribution in [0.25, 0.3) is 6.08 Å². The Kier molecular flexibility index (Phi) is 5.65. The maximum atomic E-state index is 12.2. The lowest BCUT2D eigenvalue weighted by molar-refractivity contribution is -0.132. The molecule has 0 spiro atoms. The Hall–Kier alpha value is -3.32. The molecule has 0 amide bonds. The summed E-state index contributed by atoms with van der Waals surface area (Å²) in [5.74, 6) is -0.328. The summed E-state index contributed by atoms with van der Waals surface area (Å²) in [6.07, 6.45) is 1.51. The lowest BCUT2D eigenvalue weighted by atomic mass is 10.1. The molecule has 8 heteroatoms. The highest BCUT2D eigenvalue weighted by atomic mass is 35.5. The third-order valence-electron chi connectivity index (χ3n) is 3.76. The van der Waals surface area contributed by atoms with Gasteiger partial charge in [0.1, 0.15) is 0 Å². The number of halogens is 1. The number of rotatable bonds is 5. The van der Waals surface area contributed by atoms with Crippen molar-refractivity contribution < 1.29 is 28.5 Å². The van der Waals surface area contributed by atoms with Gasteiger partial charge in [0, 0.05) is 6.92 Å². The van der Waals surface area contributed by atoms with Crippen molar-refractivity contribution in [2.24, 2.45) is 4.99 Å². The van der Waals surface area contributed by atoms with Gasteiger partial charge in [-0.05, 0) is 35.9 Å². The molecule has 2 aromatic carbocycles. The fourth-order valence-corrected chi connectivity index (χ4v) is 2.76. The smallest absolute Gasteiger partial charge is 0.363 e. The first-order chi connectivity index (χ1) is 13.4. The Morgan fingerprint density at radius 2 is 1.79 bits per heavy atom. The molecule has 0 radical (unpaired) electrons. The minimum Gasteiger partial charge on any atom is -0.493 e. The highest BCUT2D eigenvalue weighted by molar-refractivity contribution is 6.34. The van der Waals surface area contributed by atoms with Crippen molar-refractivity contribution >= 4 is 35.5 Å². The fraction of sp³-hybridized carbons (Fsp3) is 0.150. The average Bonchev–Trinajstić information content (AvgIpc) is 3.02. The van der Waals surface area contributed by atoms with Gasteiger partial charge >= 0.3 is 11.9 Å². The summed E-state index contributed by atoms with van der Waals surface area (Å²) in [6.45, 7) is 1.27. The second-order valence-electron chi connectivity index (χ2n) is 5.66. The summed E-state index contributed by atoms with van der Waals surface area (Å²) in [6, 6.07) is 10.1. The van der Waals surface area contributed by atoms with Crippen LogP contribution in [0.4, 0.5) is 0 Å². The quantitative estimate of drug-likeness (QED) is 0.432. The van der Waals surface area contributed by atoms with E-state index in [0.717, 1.165) is 0 Å². The molecule has 1 aliphatic heterocycles. The number of aliphatic imine (C=N–C) groups is 1. The number of carbonyl (C=O) groups is 2. The lowest BCUT2D eigenvalue weighted by Crippen LogP contribution is -2.06. The molecule has 1 aliphatic rings. The van der Waals surface area contributed by atoms with E-state index in [4.69, 9.17) is 30.5 Å². The van der Waals surface area contributed by atoms with Crippen LogP contribution >= 0.6 is 11.6 Å². The molecular weight excluding hydrogens is 386 g/mol. The van der Waals surface area contributed by atoms with Crippen molar-refractivity contribution in [3.63, 3.8) is 0 Å². The average molecular weight is 402 g/mol. The molecule has 2 aromatic rings. The van der Waals surface area contributed by atoms with Crippen LogP contribution in [0.2, 0.25) is 5.02 Å². The number of hydrogen-bond acceptors (Lipinski definition) is 7. The van der Waals surface area contributed by atoms with Gasteiger partial charge in [0.15, 0.2) is 17.2 Å². The summed E-state index contributed by atoms with van der Waals surface area (Å²) in [7, 11) is 2.85. The number of methoxy groups -OCH3 is 2. The van der Waals surface area contributed by atoms with Crippen molar-refractivity contribution in [1.82, 2.24) is 0 Å².